The molecule has 3 aromatic carbocycles. The SMILES string of the molecule is O=C(CSc1nnc(-c2ccc3c(c2)OCO3)n1-c1ccccc1)NCCc1ccc(F)cc1. The number of nitrogens with zero attached hydrogens (tertiary/aromatic N) is 3. The predicted octanol–water partition coefficient (Wildman–Crippen LogP) is 4.25. The number of benzene rings is 3. The van der Waals surface area contributed by atoms with E-state index in [0.29, 0.717) is 35.4 Å². The highest BCUT2D eigenvalue weighted by atomic mass is 32.2. The van der Waals surface area contributed by atoms with E-state index in [1.807, 2.05) is 53.1 Å². The number of hydrogen-bond acceptors (Lipinski definition) is 6. The molecule has 2 heterocycles. The van der Waals surface area contributed by atoms with Gasteiger partial charge in [0.1, 0.15) is 5.82 Å². The van der Waals surface area contributed by atoms with Crippen LogP contribution in [-0.2, 0) is 11.2 Å². The minimum atomic E-state index is -0.271. The highest BCUT2D eigenvalue weighted by Crippen LogP contribution is 2.37. The molecule has 1 N–H and O–H groups in total. The van der Waals surface area contributed by atoms with E-state index in [1.165, 1.54) is 23.9 Å². The van der Waals surface area contributed by atoms with Crippen LogP contribution < -0.4 is 14.8 Å². The van der Waals surface area contributed by atoms with E-state index in [0.717, 1.165) is 16.8 Å². The lowest BCUT2D eigenvalue weighted by Gasteiger charge is -2.11. The molecule has 0 atom stereocenters. The van der Waals surface area contributed by atoms with Crippen molar-refractivity contribution in [2.75, 3.05) is 19.1 Å². The lowest BCUT2D eigenvalue weighted by atomic mass is 10.1. The molecule has 0 bridgehead atoms. The number of rotatable bonds is 8. The normalized spacial score (nSPS) is 12.0. The monoisotopic (exact) mass is 476 g/mol. The fourth-order valence-electron chi connectivity index (χ4n) is 3.57. The Morgan fingerprint density at radius 1 is 1.00 bits per heavy atom. The van der Waals surface area contributed by atoms with Crippen LogP contribution in [0.4, 0.5) is 4.39 Å². The Morgan fingerprint density at radius 2 is 1.79 bits per heavy atom. The minimum absolute atomic E-state index is 0.112. The number of carbonyl (C=O) groups excluding carboxylic acids is 1. The number of ether oxygens (including phenoxy) is 2. The Morgan fingerprint density at radius 3 is 2.62 bits per heavy atom. The Hall–Kier alpha value is -3.85. The molecule has 9 heteroatoms. The highest BCUT2D eigenvalue weighted by Gasteiger charge is 2.20. The second kappa shape index (κ2) is 9.96. The van der Waals surface area contributed by atoms with Crippen molar-refractivity contribution in [1.82, 2.24) is 20.1 Å². The van der Waals surface area contributed by atoms with E-state index in [-0.39, 0.29) is 24.3 Å². The van der Waals surface area contributed by atoms with Crippen molar-refractivity contribution in [2.45, 2.75) is 11.6 Å². The number of thioether (sulfide) groups is 1. The van der Waals surface area contributed by atoms with Crippen molar-refractivity contribution in [2.24, 2.45) is 0 Å². The summed E-state index contributed by atoms with van der Waals surface area (Å²) in [7, 11) is 0. The first-order valence-corrected chi connectivity index (χ1v) is 11.7. The zero-order valence-electron chi connectivity index (χ0n) is 18.1. The van der Waals surface area contributed by atoms with Crippen LogP contribution in [0, 0.1) is 5.82 Å². The number of hydrogen-bond donors (Lipinski definition) is 1. The molecule has 7 nitrogen and oxygen atoms in total. The maximum absolute atomic E-state index is 13.0. The average molecular weight is 477 g/mol. The summed E-state index contributed by atoms with van der Waals surface area (Å²) in [4.78, 5) is 12.4. The summed E-state index contributed by atoms with van der Waals surface area (Å²) in [5.41, 5.74) is 2.68. The standard InChI is InChI=1S/C25H21FN4O3S/c26-19-9-6-17(7-10-19)12-13-27-23(31)15-34-25-29-28-24(30(25)20-4-2-1-3-5-20)18-8-11-21-22(14-18)33-16-32-21/h1-11,14H,12-13,15-16H2,(H,27,31). The molecule has 0 spiro atoms. The van der Waals surface area contributed by atoms with Gasteiger partial charge in [-0.1, -0.05) is 42.1 Å². The van der Waals surface area contributed by atoms with Gasteiger partial charge in [-0.3, -0.25) is 9.36 Å². The molecule has 172 valence electrons. The lowest BCUT2D eigenvalue weighted by molar-refractivity contribution is -0.118. The number of fused-ring (bicyclic) bond motifs is 1. The summed E-state index contributed by atoms with van der Waals surface area (Å²) in [5, 5.41) is 12.3. The maximum atomic E-state index is 13.0. The summed E-state index contributed by atoms with van der Waals surface area (Å²) in [5.74, 6) is 1.81. The van der Waals surface area contributed by atoms with Crippen LogP contribution in [0.15, 0.2) is 78.0 Å². The molecular formula is C25H21FN4O3S. The molecule has 4 aromatic rings. The quantitative estimate of drug-likeness (QED) is 0.383. The third-order valence-electron chi connectivity index (χ3n) is 5.26. The van der Waals surface area contributed by atoms with Crippen LogP contribution in [0.25, 0.3) is 17.1 Å². The van der Waals surface area contributed by atoms with Gasteiger partial charge < -0.3 is 14.8 Å². The largest absolute Gasteiger partial charge is 0.454 e. The predicted molar refractivity (Wildman–Crippen MR) is 127 cm³/mol. The van der Waals surface area contributed by atoms with Crippen molar-refractivity contribution < 1.29 is 18.7 Å². The van der Waals surface area contributed by atoms with Gasteiger partial charge in [0, 0.05) is 17.8 Å². The van der Waals surface area contributed by atoms with Gasteiger partial charge in [0.15, 0.2) is 22.5 Å². The molecule has 0 saturated carbocycles. The average Bonchev–Trinajstić information content (AvgIpc) is 3.51. The van der Waals surface area contributed by atoms with Gasteiger partial charge in [-0.2, -0.15) is 0 Å². The first-order valence-electron chi connectivity index (χ1n) is 10.7. The molecule has 1 aliphatic heterocycles. The van der Waals surface area contributed by atoms with Crippen LogP contribution in [0.5, 0.6) is 11.5 Å². The van der Waals surface area contributed by atoms with Crippen LogP contribution in [0.2, 0.25) is 0 Å². The summed E-state index contributed by atoms with van der Waals surface area (Å²) in [6.07, 6.45) is 0.630. The fourth-order valence-corrected chi connectivity index (χ4v) is 4.36. The molecule has 0 radical (unpaired) electrons. The maximum Gasteiger partial charge on any atom is 0.231 e. The van der Waals surface area contributed by atoms with Gasteiger partial charge in [-0.15, -0.1) is 10.2 Å². The van der Waals surface area contributed by atoms with E-state index in [1.54, 1.807) is 12.1 Å². The second-order valence-corrected chi connectivity index (χ2v) is 8.50. The summed E-state index contributed by atoms with van der Waals surface area (Å²) >= 11 is 1.31. The first kappa shape index (κ1) is 22.0. The zero-order valence-corrected chi connectivity index (χ0v) is 18.9. The van der Waals surface area contributed by atoms with Gasteiger partial charge in [0.25, 0.3) is 0 Å². The Labute approximate surface area is 199 Å². The van der Waals surface area contributed by atoms with Gasteiger partial charge in [-0.25, -0.2) is 4.39 Å². The van der Waals surface area contributed by atoms with E-state index in [9.17, 15) is 9.18 Å². The van der Waals surface area contributed by atoms with Crippen molar-refractivity contribution in [3.8, 4) is 28.6 Å². The van der Waals surface area contributed by atoms with Gasteiger partial charge >= 0.3 is 0 Å². The molecule has 1 amide bonds. The van der Waals surface area contributed by atoms with Gasteiger partial charge in [0.2, 0.25) is 12.7 Å². The van der Waals surface area contributed by atoms with Crippen molar-refractivity contribution in [3.63, 3.8) is 0 Å². The molecule has 1 aromatic heterocycles. The van der Waals surface area contributed by atoms with Crippen LogP contribution in [0.3, 0.4) is 0 Å². The number of nitrogens with one attached hydrogen (secondary N) is 1. The van der Waals surface area contributed by atoms with Crippen LogP contribution in [0.1, 0.15) is 5.56 Å². The lowest BCUT2D eigenvalue weighted by Crippen LogP contribution is -2.27. The molecule has 5 rings (SSSR count). The van der Waals surface area contributed by atoms with E-state index < -0.39 is 0 Å². The molecular weight excluding hydrogens is 455 g/mol. The summed E-state index contributed by atoms with van der Waals surface area (Å²) in [6.45, 7) is 0.667. The van der Waals surface area contributed by atoms with Gasteiger partial charge in [-0.05, 0) is 54.4 Å². The Kier molecular flexibility index (Phi) is 6.44. The number of para-hydroxylation sites is 1. The van der Waals surface area contributed by atoms with Crippen molar-refractivity contribution >= 4 is 17.7 Å². The topological polar surface area (TPSA) is 78.3 Å². The summed E-state index contributed by atoms with van der Waals surface area (Å²) < 4.78 is 25.9. The Bertz CT molecular complexity index is 1300. The summed E-state index contributed by atoms with van der Waals surface area (Å²) in [6, 6.07) is 21.7. The van der Waals surface area contributed by atoms with Crippen LogP contribution >= 0.6 is 11.8 Å². The molecule has 34 heavy (non-hydrogen) atoms. The number of carbonyl (C=O) groups is 1. The molecule has 1 aliphatic rings. The zero-order chi connectivity index (χ0) is 23.3. The third-order valence-corrected chi connectivity index (χ3v) is 6.19. The minimum Gasteiger partial charge on any atom is -0.454 e. The smallest absolute Gasteiger partial charge is 0.231 e. The molecule has 0 unspecified atom stereocenters. The van der Waals surface area contributed by atoms with Crippen molar-refractivity contribution in [1.29, 1.82) is 0 Å². The van der Waals surface area contributed by atoms with Gasteiger partial charge in [0.05, 0.1) is 5.75 Å². The number of halogens is 1. The van der Waals surface area contributed by atoms with E-state index >= 15 is 0 Å². The highest BCUT2D eigenvalue weighted by molar-refractivity contribution is 7.99. The number of aromatic nitrogens is 3. The van der Waals surface area contributed by atoms with E-state index in [2.05, 4.69) is 15.5 Å². The molecule has 0 fully saturated rings. The molecule has 0 aliphatic carbocycles. The first-order chi connectivity index (χ1) is 16.7. The van der Waals surface area contributed by atoms with Crippen LogP contribution in [-0.4, -0.2) is 39.8 Å². The third kappa shape index (κ3) is 4.89. The second-order valence-electron chi connectivity index (χ2n) is 7.56. The Balaban J connectivity index is 1.30. The number of amides is 1. The fraction of sp³-hybridized carbons (Fsp3) is 0.160. The van der Waals surface area contributed by atoms with E-state index in [4.69, 9.17) is 9.47 Å². The van der Waals surface area contributed by atoms with Crippen molar-refractivity contribution in [3.05, 3.63) is 84.2 Å². The molecule has 0 saturated heterocycles.